The predicted molar refractivity (Wildman–Crippen MR) is 156 cm³/mol. The largest absolute Gasteiger partial charge is 0.507 e. The Labute approximate surface area is 253 Å². The molecule has 1 amide bonds. The number of nitrogens with zero attached hydrogens (tertiary/aromatic N) is 2. The lowest BCUT2D eigenvalue weighted by atomic mass is 9.42. The van der Waals surface area contributed by atoms with Crippen molar-refractivity contribution in [3.05, 3.63) is 35.4 Å². The summed E-state index contributed by atoms with van der Waals surface area (Å²) in [6.07, 6.45) is 0.0435. The number of phenolic OH excluding ortho intramolecular Hbond substituents is 1. The van der Waals surface area contributed by atoms with Crippen molar-refractivity contribution in [2.24, 2.45) is 28.4 Å². The monoisotopic (exact) mass is 605 g/mol. The fourth-order valence-corrected chi connectivity index (χ4v) is 8.45. The molecular formula is C32H35N3O9. The van der Waals surface area contributed by atoms with Gasteiger partial charge in [-0.05, 0) is 61.7 Å². The zero-order chi connectivity index (χ0) is 32.3. The summed E-state index contributed by atoms with van der Waals surface area (Å²) in [7, 11) is 6.71. The molecule has 2 fully saturated rings. The number of anilines is 1. The number of hydrogen-bond acceptors (Lipinski definition) is 11. The molecular weight excluding hydrogens is 570 g/mol. The number of likely N-dealkylation sites (N-methyl/N-ethyl adjacent to an activating group) is 1. The van der Waals surface area contributed by atoms with Crippen molar-refractivity contribution in [3.8, 4) is 28.4 Å². The molecule has 6 rings (SSSR count). The number of benzene rings is 2. The Morgan fingerprint density at radius 1 is 1.00 bits per heavy atom. The number of ketones is 4. The SMILES string of the molecule is CN(C)c1cc(-c2ccc3c(c2)OCO3)c(O)c2c1C[C@@]1(C)C[C@@]3(C)[C@H](N(C)C)C(=O)C(C(N)=O)C(=O)[C@@]3(O)C(=O)C1C2=O. The van der Waals surface area contributed by atoms with Gasteiger partial charge >= 0.3 is 0 Å². The zero-order valence-corrected chi connectivity index (χ0v) is 25.4. The van der Waals surface area contributed by atoms with Gasteiger partial charge in [0.25, 0.3) is 0 Å². The average Bonchev–Trinajstić information content (AvgIpc) is 3.38. The van der Waals surface area contributed by atoms with Crippen molar-refractivity contribution in [1.82, 2.24) is 4.90 Å². The quantitative estimate of drug-likeness (QED) is 0.426. The average molecular weight is 606 g/mol. The van der Waals surface area contributed by atoms with E-state index >= 15 is 0 Å². The summed E-state index contributed by atoms with van der Waals surface area (Å²) in [5.74, 6) is -8.17. The molecule has 2 aromatic carbocycles. The molecule has 44 heavy (non-hydrogen) atoms. The van der Waals surface area contributed by atoms with Crippen molar-refractivity contribution in [1.29, 1.82) is 0 Å². The first-order chi connectivity index (χ1) is 20.5. The number of fused-ring (bicyclic) bond motifs is 4. The van der Waals surface area contributed by atoms with Crippen LogP contribution in [0.3, 0.4) is 0 Å². The number of carbonyl (C=O) groups excluding carboxylic acids is 5. The van der Waals surface area contributed by atoms with Crippen LogP contribution in [0.15, 0.2) is 24.3 Å². The van der Waals surface area contributed by atoms with E-state index in [4.69, 9.17) is 15.2 Å². The predicted octanol–water partition coefficient (Wildman–Crippen LogP) is 1.11. The molecule has 0 spiro atoms. The van der Waals surface area contributed by atoms with Crippen LogP contribution in [0.5, 0.6) is 17.2 Å². The Kier molecular flexibility index (Phi) is 6.33. The molecule has 12 heteroatoms. The Bertz CT molecular complexity index is 1700. The number of rotatable bonds is 4. The molecule has 4 aliphatic rings. The summed E-state index contributed by atoms with van der Waals surface area (Å²) in [5, 5.41) is 23.8. The molecule has 4 N–H and O–H groups in total. The van der Waals surface area contributed by atoms with Crippen LogP contribution < -0.4 is 20.1 Å². The number of aromatic hydroxyl groups is 1. The molecule has 2 saturated carbocycles. The third kappa shape index (κ3) is 3.61. The molecule has 2 aromatic rings. The molecule has 0 radical (unpaired) electrons. The lowest BCUT2D eigenvalue weighted by Gasteiger charge is -2.61. The van der Waals surface area contributed by atoms with E-state index in [-0.39, 0.29) is 30.9 Å². The van der Waals surface area contributed by atoms with Gasteiger partial charge in [0.2, 0.25) is 12.7 Å². The van der Waals surface area contributed by atoms with Crippen molar-refractivity contribution in [2.45, 2.75) is 38.3 Å². The standard InChI is InChI=1S/C32H35N3O9/c1-30-11-16-17(34(3)4)10-15(14-7-8-18-19(9-14)44-13-43-18)23(36)20(16)24(37)22(30)28(40)32(42)27(39)21(29(33)41)25(38)26(35(5)6)31(32,2)12-30/h7-10,21-22,26,36,42H,11-13H2,1-6H3,(H2,33,41)/t21?,22?,26-,30+,31+,32-/m1/s1. The first kappa shape index (κ1) is 29.8. The molecule has 0 bridgehead atoms. The Morgan fingerprint density at radius 2 is 1.66 bits per heavy atom. The Hall–Kier alpha value is -4.29. The van der Waals surface area contributed by atoms with E-state index in [1.165, 1.54) is 11.8 Å². The molecule has 1 heterocycles. The maximum absolute atomic E-state index is 14.5. The summed E-state index contributed by atoms with van der Waals surface area (Å²) < 4.78 is 10.9. The summed E-state index contributed by atoms with van der Waals surface area (Å²) >= 11 is 0. The normalized spacial score (nSPS) is 32.3. The maximum Gasteiger partial charge on any atom is 0.235 e. The molecule has 0 aromatic heterocycles. The van der Waals surface area contributed by atoms with Crippen molar-refractivity contribution in [3.63, 3.8) is 0 Å². The van der Waals surface area contributed by atoms with E-state index in [1.54, 1.807) is 59.4 Å². The van der Waals surface area contributed by atoms with E-state index < -0.39 is 63.3 Å². The number of nitrogens with two attached hydrogens (primary N) is 1. The highest BCUT2D eigenvalue weighted by molar-refractivity contribution is 6.33. The fourth-order valence-electron chi connectivity index (χ4n) is 8.45. The fraction of sp³-hybridized carbons (Fsp3) is 0.469. The lowest BCUT2D eigenvalue weighted by molar-refractivity contribution is -0.203. The van der Waals surface area contributed by atoms with E-state index in [2.05, 4.69) is 0 Å². The van der Waals surface area contributed by atoms with Gasteiger partial charge < -0.3 is 30.3 Å². The first-order valence-corrected chi connectivity index (χ1v) is 14.3. The number of Topliss-reactive ketones (excluding diaryl/α,β-unsaturated/α-hetero) is 4. The number of ether oxygens (including phenoxy) is 2. The van der Waals surface area contributed by atoms with Crippen LogP contribution in [-0.2, 0) is 25.6 Å². The van der Waals surface area contributed by atoms with Gasteiger partial charge in [-0.1, -0.05) is 19.9 Å². The second-order valence-corrected chi connectivity index (χ2v) is 13.4. The van der Waals surface area contributed by atoms with E-state index in [0.29, 0.717) is 33.9 Å². The number of carbonyl (C=O) groups is 5. The minimum atomic E-state index is -2.86. The molecule has 1 aliphatic heterocycles. The van der Waals surface area contributed by atoms with Gasteiger partial charge in [-0.15, -0.1) is 0 Å². The smallest absolute Gasteiger partial charge is 0.235 e. The van der Waals surface area contributed by atoms with Crippen LogP contribution in [0, 0.1) is 22.7 Å². The highest BCUT2D eigenvalue weighted by Crippen LogP contribution is 2.62. The summed E-state index contributed by atoms with van der Waals surface area (Å²) in [4.78, 5) is 72.0. The third-order valence-electron chi connectivity index (χ3n) is 10.1. The van der Waals surface area contributed by atoms with Crippen LogP contribution in [0.2, 0.25) is 0 Å². The molecule has 3 aliphatic carbocycles. The highest BCUT2D eigenvalue weighted by atomic mass is 16.7. The topological polar surface area (TPSA) is 177 Å². The number of primary amides is 1. The second-order valence-electron chi connectivity index (χ2n) is 13.4. The minimum absolute atomic E-state index is 0.0518. The summed E-state index contributed by atoms with van der Waals surface area (Å²) in [5.41, 5.74) is 1.66. The van der Waals surface area contributed by atoms with Gasteiger partial charge in [0.1, 0.15) is 5.75 Å². The lowest BCUT2D eigenvalue weighted by Crippen LogP contribution is -2.79. The van der Waals surface area contributed by atoms with Gasteiger partial charge in [0.15, 0.2) is 46.2 Å². The molecule has 232 valence electrons. The van der Waals surface area contributed by atoms with Crippen LogP contribution in [0.25, 0.3) is 11.1 Å². The number of phenols is 1. The second kappa shape index (κ2) is 9.35. The first-order valence-electron chi connectivity index (χ1n) is 14.3. The molecule has 12 nitrogen and oxygen atoms in total. The van der Waals surface area contributed by atoms with Gasteiger partial charge in [0.05, 0.1) is 17.5 Å². The van der Waals surface area contributed by atoms with Gasteiger partial charge in [0, 0.05) is 30.8 Å². The number of aliphatic hydroxyl groups is 1. The Morgan fingerprint density at radius 3 is 2.27 bits per heavy atom. The summed E-state index contributed by atoms with van der Waals surface area (Å²) in [6.45, 7) is 3.26. The van der Waals surface area contributed by atoms with Crippen molar-refractivity contribution in [2.75, 3.05) is 39.9 Å². The van der Waals surface area contributed by atoms with Crippen molar-refractivity contribution < 1.29 is 43.7 Å². The van der Waals surface area contributed by atoms with E-state index in [9.17, 15) is 34.2 Å². The van der Waals surface area contributed by atoms with Crippen LogP contribution in [0.1, 0.15) is 36.2 Å². The molecule has 2 unspecified atom stereocenters. The van der Waals surface area contributed by atoms with E-state index in [1.807, 2.05) is 4.90 Å². The molecule has 0 saturated heterocycles. The maximum atomic E-state index is 14.5. The van der Waals surface area contributed by atoms with Gasteiger partial charge in [-0.2, -0.15) is 0 Å². The van der Waals surface area contributed by atoms with Gasteiger partial charge in [-0.3, -0.25) is 28.9 Å². The van der Waals surface area contributed by atoms with E-state index in [0.717, 1.165) is 0 Å². The summed E-state index contributed by atoms with van der Waals surface area (Å²) in [6, 6.07) is 5.63. The van der Waals surface area contributed by atoms with Gasteiger partial charge in [-0.25, -0.2) is 0 Å². The number of hydrogen-bond donors (Lipinski definition) is 3. The zero-order valence-electron chi connectivity index (χ0n) is 25.4. The van der Waals surface area contributed by atoms with Crippen molar-refractivity contribution >= 4 is 34.7 Å². The number of amides is 1. The van der Waals surface area contributed by atoms with Crippen LogP contribution >= 0.6 is 0 Å². The molecule has 6 atom stereocenters. The highest BCUT2D eigenvalue weighted by Gasteiger charge is 2.76. The van der Waals surface area contributed by atoms with Crippen LogP contribution in [-0.4, -0.2) is 90.8 Å². The third-order valence-corrected chi connectivity index (χ3v) is 10.1. The van der Waals surface area contributed by atoms with Crippen LogP contribution in [0.4, 0.5) is 5.69 Å². The Balaban J connectivity index is 1.57. The minimum Gasteiger partial charge on any atom is -0.507 e.